The molecule has 3 heterocycles. The van der Waals surface area contributed by atoms with E-state index in [1.54, 1.807) is 29.5 Å². The van der Waals surface area contributed by atoms with E-state index in [1.807, 2.05) is 44.3 Å². The largest absolute Gasteiger partial charge is 0.383 e. The first kappa shape index (κ1) is 20.6. The zero-order valence-corrected chi connectivity index (χ0v) is 18.5. The van der Waals surface area contributed by atoms with Crippen LogP contribution in [0.25, 0.3) is 21.5 Å². The molecule has 5 rings (SSSR count). The minimum absolute atomic E-state index is 0.154. The average molecular weight is 437 g/mol. The Hall–Kier alpha value is -4.26. The van der Waals surface area contributed by atoms with Gasteiger partial charge in [-0.15, -0.1) is 0 Å². The first-order chi connectivity index (χ1) is 16.0. The highest BCUT2D eigenvalue weighted by atomic mass is 16.1. The van der Waals surface area contributed by atoms with Crippen molar-refractivity contribution in [3.8, 4) is 0 Å². The van der Waals surface area contributed by atoms with Crippen LogP contribution in [0.5, 0.6) is 0 Å². The fourth-order valence-electron chi connectivity index (χ4n) is 4.26. The first-order valence-corrected chi connectivity index (χ1v) is 10.8. The maximum Gasteiger partial charge on any atom is 0.254 e. The number of aryl methyl sites for hydroxylation is 2. The minimum Gasteiger partial charge on any atom is -0.383 e. The predicted molar refractivity (Wildman–Crippen MR) is 130 cm³/mol. The Morgan fingerprint density at radius 2 is 1.91 bits per heavy atom. The molecule has 0 bridgehead atoms. The number of anilines is 1. The fraction of sp³-hybridized carbons (Fsp3) is 0.154. The summed E-state index contributed by atoms with van der Waals surface area (Å²) in [6, 6.07) is 12.2. The third-order valence-electron chi connectivity index (χ3n) is 6.09. The van der Waals surface area contributed by atoms with Crippen molar-refractivity contribution in [1.82, 2.24) is 25.1 Å². The van der Waals surface area contributed by atoms with Crippen LogP contribution in [0.1, 0.15) is 32.6 Å². The second kappa shape index (κ2) is 8.35. The van der Waals surface area contributed by atoms with Gasteiger partial charge in [-0.2, -0.15) is 5.10 Å². The van der Waals surface area contributed by atoms with Gasteiger partial charge in [0.15, 0.2) is 0 Å². The Morgan fingerprint density at radius 3 is 2.79 bits per heavy atom. The predicted octanol–water partition coefficient (Wildman–Crippen LogP) is 4.16. The highest BCUT2D eigenvalue weighted by molar-refractivity contribution is 5.95. The summed E-state index contributed by atoms with van der Waals surface area (Å²) in [5.41, 5.74) is 10.9. The molecule has 0 spiro atoms. The monoisotopic (exact) mass is 436 g/mol. The Balaban J connectivity index is 1.30. The number of amides is 1. The van der Waals surface area contributed by atoms with Gasteiger partial charge in [0.25, 0.3) is 5.91 Å². The number of nitrogens with two attached hydrogens (primary N) is 1. The van der Waals surface area contributed by atoms with Gasteiger partial charge in [0.05, 0.1) is 18.3 Å². The SMILES string of the molecule is Cc1cc2c(N)nccc2c(C)c1CNC(=O)c1cnn(Cc2ccc3cnccc3c2)c1. The van der Waals surface area contributed by atoms with Gasteiger partial charge in [-0.25, -0.2) is 4.98 Å². The van der Waals surface area contributed by atoms with Crippen LogP contribution in [0.15, 0.2) is 67.4 Å². The van der Waals surface area contributed by atoms with Crippen LogP contribution in [-0.2, 0) is 13.1 Å². The molecule has 7 heteroatoms. The number of hydrogen-bond donors (Lipinski definition) is 2. The summed E-state index contributed by atoms with van der Waals surface area (Å²) in [6.45, 7) is 5.09. The molecule has 0 radical (unpaired) electrons. The van der Waals surface area contributed by atoms with E-state index >= 15 is 0 Å². The highest BCUT2D eigenvalue weighted by Gasteiger charge is 2.13. The van der Waals surface area contributed by atoms with E-state index in [0.717, 1.165) is 43.8 Å². The highest BCUT2D eigenvalue weighted by Crippen LogP contribution is 2.27. The average Bonchev–Trinajstić information content (AvgIpc) is 3.28. The molecule has 0 aliphatic carbocycles. The van der Waals surface area contributed by atoms with Crippen LogP contribution >= 0.6 is 0 Å². The van der Waals surface area contributed by atoms with Crippen molar-refractivity contribution in [2.24, 2.45) is 0 Å². The molecule has 0 saturated carbocycles. The summed E-state index contributed by atoms with van der Waals surface area (Å²) in [6.07, 6.45) is 8.72. The number of nitrogen functional groups attached to an aromatic ring is 1. The summed E-state index contributed by atoms with van der Waals surface area (Å²) >= 11 is 0. The molecule has 0 atom stereocenters. The lowest BCUT2D eigenvalue weighted by Crippen LogP contribution is -2.23. The molecule has 0 unspecified atom stereocenters. The van der Waals surface area contributed by atoms with E-state index in [2.05, 4.69) is 32.5 Å². The van der Waals surface area contributed by atoms with Gasteiger partial charge >= 0.3 is 0 Å². The van der Waals surface area contributed by atoms with Crippen molar-refractivity contribution in [3.63, 3.8) is 0 Å². The molecule has 0 aliphatic heterocycles. The van der Waals surface area contributed by atoms with Crippen LogP contribution in [0.4, 0.5) is 5.82 Å². The molecule has 33 heavy (non-hydrogen) atoms. The number of carbonyl (C=O) groups excluding carboxylic acids is 1. The zero-order valence-electron chi connectivity index (χ0n) is 18.5. The Labute approximate surface area is 191 Å². The normalized spacial score (nSPS) is 11.2. The van der Waals surface area contributed by atoms with Crippen LogP contribution in [-0.4, -0.2) is 25.7 Å². The van der Waals surface area contributed by atoms with Crippen LogP contribution in [0.2, 0.25) is 0 Å². The summed E-state index contributed by atoms with van der Waals surface area (Å²) in [4.78, 5) is 21.1. The van der Waals surface area contributed by atoms with E-state index in [-0.39, 0.29) is 5.91 Å². The Morgan fingerprint density at radius 1 is 1.03 bits per heavy atom. The number of fused-ring (bicyclic) bond motifs is 2. The van der Waals surface area contributed by atoms with Crippen molar-refractivity contribution in [3.05, 3.63) is 95.2 Å². The number of hydrogen-bond acceptors (Lipinski definition) is 5. The minimum atomic E-state index is -0.154. The molecule has 164 valence electrons. The Bertz CT molecular complexity index is 1500. The number of rotatable bonds is 5. The van der Waals surface area contributed by atoms with E-state index < -0.39 is 0 Å². The van der Waals surface area contributed by atoms with Crippen molar-refractivity contribution in [2.45, 2.75) is 26.9 Å². The van der Waals surface area contributed by atoms with Crippen molar-refractivity contribution in [2.75, 3.05) is 5.73 Å². The summed E-state index contributed by atoms with van der Waals surface area (Å²) < 4.78 is 1.78. The lowest BCUT2D eigenvalue weighted by atomic mass is 9.96. The molecule has 0 fully saturated rings. The number of benzene rings is 2. The second-order valence-electron chi connectivity index (χ2n) is 8.25. The molecule has 1 amide bonds. The summed E-state index contributed by atoms with van der Waals surface area (Å²) in [5.74, 6) is 0.365. The van der Waals surface area contributed by atoms with Gasteiger partial charge in [-0.05, 0) is 71.1 Å². The number of nitrogens with one attached hydrogen (secondary N) is 1. The van der Waals surface area contributed by atoms with E-state index in [4.69, 9.17) is 5.73 Å². The van der Waals surface area contributed by atoms with Crippen LogP contribution in [0.3, 0.4) is 0 Å². The number of nitrogens with zero attached hydrogens (tertiary/aromatic N) is 4. The summed E-state index contributed by atoms with van der Waals surface area (Å²) in [7, 11) is 0. The fourth-order valence-corrected chi connectivity index (χ4v) is 4.26. The van der Waals surface area contributed by atoms with Gasteiger partial charge in [0.1, 0.15) is 5.82 Å². The summed E-state index contributed by atoms with van der Waals surface area (Å²) in [5, 5.41) is 11.6. The maximum absolute atomic E-state index is 12.8. The lowest BCUT2D eigenvalue weighted by Gasteiger charge is -2.14. The third-order valence-corrected chi connectivity index (χ3v) is 6.09. The number of pyridine rings is 2. The van der Waals surface area contributed by atoms with E-state index in [1.165, 1.54) is 0 Å². The number of carbonyl (C=O) groups is 1. The van der Waals surface area contributed by atoms with Crippen LogP contribution < -0.4 is 11.1 Å². The smallest absolute Gasteiger partial charge is 0.254 e. The molecule has 3 aromatic heterocycles. The molecule has 2 aromatic carbocycles. The Kier molecular flexibility index (Phi) is 5.22. The van der Waals surface area contributed by atoms with Gasteiger partial charge in [0, 0.05) is 42.1 Å². The second-order valence-corrected chi connectivity index (χ2v) is 8.25. The molecule has 5 aromatic rings. The van der Waals surface area contributed by atoms with Crippen molar-refractivity contribution >= 4 is 33.3 Å². The topological polar surface area (TPSA) is 98.7 Å². The van der Waals surface area contributed by atoms with E-state index in [9.17, 15) is 4.79 Å². The third kappa shape index (κ3) is 4.01. The molecular weight excluding hydrogens is 412 g/mol. The van der Waals surface area contributed by atoms with Crippen LogP contribution in [0, 0.1) is 13.8 Å². The van der Waals surface area contributed by atoms with Gasteiger partial charge in [-0.3, -0.25) is 14.5 Å². The van der Waals surface area contributed by atoms with Gasteiger partial charge < -0.3 is 11.1 Å². The molecule has 0 aliphatic rings. The quantitative estimate of drug-likeness (QED) is 0.431. The van der Waals surface area contributed by atoms with Gasteiger partial charge in [-0.1, -0.05) is 12.1 Å². The molecular formula is C26H24N6O. The van der Waals surface area contributed by atoms with Gasteiger partial charge in [0.2, 0.25) is 0 Å². The van der Waals surface area contributed by atoms with E-state index in [0.29, 0.717) is 24.5 Å². The maximum atomic E-state index is 12.8. The standard InChI is InChI=1S/C26H24N6O/c1-16-9-23-22(6-8-29-25(23)27)17(2)24(16)13-30-26(33)21-12-31-32(15-21)14-18-3-4-20-11-28-7-5-19(20)10-18/h3-12,15H,13-14H2,1-2H3,(H2,27,29)(H,30,33). The van der Waals surface area contributed by atoms with Crippen molar-refractivity contribution < 1.29 is 4.79 Å². The lowest BCUT2D eigenvalue weighted by molar-refractivity contribution is 0.0950. The number of aromatic nitrogens is 4. The zero-order chi connectivity index (χ0) is 22.9. The molecule has 0 saturated heterocycles. The molecule has 7 nitrogen and oxygen atoms in total. The molecule has 3 N–H and O–H groups in total. The first-order valence-electron chi connectivity index (χ1n) is 10.8. The van der Waals surface area contributed by atoms with Crippen molar-refractivity contribution in [1.29, 1.82) is 0 Å².